The molecule has 0 bridgehead atoms. The smallest absolute Gasteiger partial charge is 0.211 e. The van der Waals surface area contributed by atoms with E-state index in [1.807, 2.05) is 31.2 Å². The summed E-state index contributed by atoms with van der Waals surface area (Å²) in [7, 11) is 0.477. The van der Waals surface area contributed by atoms with Gasteiger partial charge in [-0.3, -0.25) is 4.79 Å². The normalized spacial score (nSPS) is 11.4. The molecule has 3 aromatic carbocycles. The van der Waals surface area contributed by atoms with Crippen LogP contribution in [0.2, 0.25) is 0 Å². The van der Waals surface area contributed by atoms with E-state index in [1.54, 1.807) is 42.0 Å². The molecule has 8 heteroatoms. The van der Waals surface area contributed by atoms with E-state index in [-0.39, 0.29) is 15.2 Å². The predicted octanol–water partition coefficient (Wildman–Crippen LogP) is 4.47. The second-order valence-electron chi connectivity index (χ2n) is 8.03. The van der Waals surface area contributed by atoms with Crippen LogP contribution in [0, 0.1) is 0 Å². The maximum absolute atomic E-state index is 13.6. The second kappa shape index (κ2) is 9.84. The first-order valence-electron chi connectivity index (χ1n) is 11.1. The average Bonchev–Trinajstić information content (AvgIpc) is 2.89. The van der Waals surface area contributed by atoms with Gasteiger partial charge in [0.2, 0.25) is 15.3 Å². The number of aryl methyl sites for hydroxylation is 1. The fourth-order valence-corrected chi connectivity index (χ4v) is 5.38. The van der Waals surface area contributed by atoms with Crippen molar-refractivity contribution in [2.24, 2.45) is 0 Å². The van der Waals surface area contributed by atoms with Gasteiger partial charge in [0.05, 0.1) is 37.1 Å². The molecule has 0 atom stereocenters. The number of hydrogen-bond donors (Lipinski definition) is 0. The predicted molar refractivity (Wildman–Crippen MR) is 135 cm³/mol. The zero-order valence-corrected chi connectivity index (χ0v) is 20.9. The lowest BCUT2D eigenvalue weighted by Gasteiger charge is -2.17. The van der Waals surface area contributed by atoms with Gasteiger partial charge >= 0.3 is 0 Å². The lowest BCUT2D eigenvalue weighted by atomic mass is 10.1. The van der Waals surface area contributed by atoms with Crippen molar-refractivity contribution in [3.05, 3.63) is 88.2 Å². The van der Waals surface area contributed by atoms with Gasteiger partial charge in [0.25, 0.3) is 0 Å². The third-order valence-corrected chi connectivity index (χ3v) is 7.73. The van der Waals surface area contributed by atoms with Crippen LogP contribution in [0.3, 0.4) is 0 Å². The van der Waals surface area contributed by atoms with Gasteiger partial charge < -0.3 is 18.8 Å². The molecule has 0 aliphatic carbocycles. The second-order valence-corrected chi connectivity index (χ2v) is 9.95. The van der Waals surface area contributed by atoms with Gasteiger partial charge in [-0.05, 0) is 47.9 Å². The van der Waals surface area contributed by atoms with E-state index in [0.29, 0.717) is 29.3 Å². The van der Waals surface area contributed by atoms with Crippen LogP contribution in [0.25, 0.3) is 10.9 Å². The summed E-state index contributed by atoms with van der Waals surface area (Å²) >= 11 is 0. The lowest BCUT2D eigenvalue weighted by molar-refractivity contribution is 0.355. The third-order valence-electron chi connectivity index (χ3n) is 5.97. The molecule has 182 valence electrons. The molecule has 0 radical (unpaired) electrons. The van der Waals surface area contributed by atoms with E-state index in [2.05, 4.69) is 0 Å². The molecule has 0 aliphatic heterocycles. The maximum Gasteiger partial charge on any atom is 0.211 e. The van der Waals surface area contributed by atoms with Gasteiger partial charge in [-0.1, -0.05) is 31.2 Å². The Labute approximate surface area is 204 Å². The van der Waals surface area contributed by atoms with E-state index in [4.69, 9.17) is 14.2 Å². The number of fused-ring (bicyclic) bond motifs is 1. The molecule has 0 N–H and O–H groups in total. The van der Waals surface area contributed by atoms with Crippen LogP contribution in [0.5, 0.6) is 17.2 Å². The summed E-state index contributed by atoms with van der Waals surface area (Å²) in [4.78, 5) is 13.3. The highest BCUT2D eigenvalue weighted by Crippen LogP contribution is 2.32. The number of benzene rings is 3. The van der Waals surface area contributed by atoms with Crippen LogP contribution < -0.4 is 19.6 Å². The fourth-order valence-electron chi connectivity index (χ4n) is 4.01. The number of rotatable bonds is 8. The van der Waals surface area contributed by atoms with E-state index >= 15 is 0 Å². The number of pyridine rings is 1. The van der Waals surface area contributed by atoms with Crippen LogP contribution in [0.4, 0.5) is 0 Å². The molecule has 0 unspecified atom stereocenters. The maximum atomic E-state index is 13.6. The molecule has 0 saturated heterocycles. The molecular weight excluding hydrogens is 466 g/mol. The first-order valence-corrected chi connectivity index (χ1v) is 12.6. The highest BCUT2D eigenvalue weighted by Gasteiger charge is 2.25. The number of aromatic nitrogens is 1. The van der Waals surface area contributed by atoms with Crippen LogP contribution in [0.1, 0.15) is 18.1 Å². The minimum Gasteiger partial charge on any atom is -0.497 e. The molecule has 0 amide bonds. The number of sulfone groups is 1. The van der Waals surface area contributed by atoms with Crippen molar-refractivity contribution in [1.29, 1.82) is 0 Å². The SMILES string of the molecule is CCc1ccc(S(=O)(=O)c2cn(Cc3cccc(OC)c3)c3cc(OC)c(OC)cc3c2=O)cc1. The Morgan fingerprint density at radius 2 is 1.51 bits per heavy atom. The van der Waals surface area contributed by atoms with Crippen molar-refractivity contribution in [3.8, 4) is 17.2 Å². The molecule has 35 heavy (non-hydrogen) atoms. The van der Waals surface area contributed by atoms with Crippen molar-refractivity contribution in [2.45, 2.75) is 29.7 Å². The highest BCUT2D eigenvalue weighted by molar-refractivity contribution is 7.91. The summed E-state index contributed by atoms with van der Waals surface area (Å²) in [6, 6.07) is 17.3. The van der Waals surface area contributed by atoms with Gasteiger partial charge in [-0.25, -0.2) is 8.42 Å². The first kappa shape index (κ1) is 24.3. The van der Waals surface area contributed by atoms with E-state index in [0.717, 1.165) is 17.5 Å². The summed E-state index contributed by atoms with van der Waals surface area (Å²) in [6.07, 6.45) is 2.18. The summed E-state index contributed by atoms with van der Waals surface area (Å²) in [5.41, 5.74) is 1.81. The Balaban J connectivity index is 1.98. The van der Waals surface area contributed by atoms with E-state index in [9.17, 15) is 13.2 Å². The molecule has 0 spiro atoms. The summed E-state index contributed by atoms with van der Waals surface area (Å²) < 4.78 is 45.1. The topological polar surface area (TPSA) is 83.8 Å². The van der Waals surface area contributed by atoms with Gasteiger partial charge in [0.15, 0.2) is 11.5 Å². The van der Waals surface area contributed by atoms with Gasteiger partial charge in [-0.15, -0.1) is 0 Å². The molecule has 4 aromatic rings. The molecule has 1 aromatic heterocycles. The summed E-state index contributed by atoms with van der Waals surface area (Å²) in [5.74, 6) is 1.45. The third kappa shape index (κ3) is 4.61. The first-order chi connectivity index (χ1) is 16.8. The molecule has 0 saturated carbocycles. The monoisotopic (exact) mass is 493 g/mol. The Hall–Kier alpha value is -3.78. The van der Waals surface area contributed by atoms with Gasteiger partial charge in [-0.2, -0.15) is 0 Å². The molecular formula is C27H27NO6S. The zero-order chi connectivity index (χ0) is 25.2. The molecule has 0 aliphatic rings. The zero-order valence-electron chi connectivity index (χ0n) is 20.1. The Morgan fingerprint density at radius 3 is 2.14 bits per heavy atom. The van der Waals surface area contributed by atoms with Gasteiger partial charge in [0, 0.05) is 18.8 Å². The lowest BCUT2D eigenvalue weighted by Crippen LogP contribution is -2.20. The summed E-state index contributed by atoms with van der Waals surface area (Å²) in [6.45, 7) is 2.30. The molecule has 4 rings (SSSR count). The minimum absolute atomic E-state index is 0.0690. The standard InChI is InChI=1S/C27H27NO6S/c1-5-18-9-11-21(12-10-18)35(30,31)26-17-28(16-19-7-6-8-20(13-19)32-2)23-15-25(34-4)24(33-3)14-22(23)27(26)29/h6-15,17H,5,16H2,1-4H3. The number of methoxy groups -OCH3 is 3. The highest BCUT2D eigenvalue weighted by atomic mass is 32.2. The Bertz CT molecular complexity index is 1540. The van der Waals surface area contributed by atoms with Gasteiger partial charge in [0.1, 0.15) is 10.6 Å². The quantitative estimate of drug-likeness (QED) is 0.360. The van der Waals surface area contributed by atoms with Crippen LogP contribution >= 0.6 is 0 Å². The summed E-state index contributed by atoms with van der Waals surface area (Å²) in [5, 5.41) is 0.219. The van der Waals surface area contributed by atoms with Crippen molar-refractivity contribution in [2.75, 3.05) is 21.3 Å². The van der Waals surface area contributed by atoms with Crippen molar-refractivity contribution < 1.29 is 22.6 Å². The van der Waals surface area contributed by atoms with Crippen LogP contribution in [0.15, 0.2) is 81.4 Å². The van der Waals surface area contributed by atoms with E-state index < -0.39 is 15.3 Å². The number of nitrogens with zero attached hydrogens (tertiary/aromatic N) is 1. The molecule has 7 nitrogen and oxygen atoms in total. The van der Waals surface area contributed by atoms with Crippen LogP contribution in [-0.4, -0.2) is 34.3 Å². The average molecular weight is 494 g/mol. The molecule has 0 fully saturated rings. The van der Waals surface area contributed by atoms with Crippen molar-refractivity contribution in [3.63, 3.8) is 0 Å². The Morgan fingerprint density at radius 1 is 0.829 bits per heavy atom. The largest absolute Gasteiger partial charge is 0.497 e. The minimum atomic E-state index is -4.08. The molecule has 1 heterocycles. The van der Waals surface area contributed by atoms with Crippen molar-refractivity contribution in [1.82, 2.24) is 4.57 Å². The van der Waals surface area contributed by atoms with Crippen LogP contribution in [-0.2, 0) is 22.8 Å². The number of ether oxygens (including phenoxy) is 3. The Kier molecular flexibility index (Phi) is 6.84. The van der Waals surface area contributed by atoms with Crippen molar-refractivity contribution >= 4 is 20.7 Å². The fraction of sp³-hybridized carbons (Fsp3) is 0.222. The number of hydrogen-bond acceptors (Lipinski definition) is 6. The van der Waals surface area contributed by atoms with E-state index in [1.165, 1.54) is 26.5 Å².